The summed E-state index contributed by atoms with van der Waals surface area (Å²) >= 11 is 0. The normalized spacial score (nSPS) is 19.8. The molecule has 0 aliphatic heterocycles. The van der Waals surface area contributed by atoms with Gasteiger partial charge in [-0.3, -0.25) is 9.78 Å². The van der Waals surface area contributed by atoms with E-state index in [-0.39, 0.29) is 24.0 Å². The molecular weight excluding hydrogens is 378 g/mol. The summed E-state index contributed by atoms with van der Waals surface area (Å²) in [7, 11) is 0. The maximum Gasteiger partial charge on any atom is 0.272 e. The summed E-state index contributed by atoms with van der Waals surface area (Å²) < 4.78 is 35.5. The molecule has 1 aliphatic carbocycles. The minimum Gasteiger partial charge on any atom is -0.490 e. The molecule has 1 aliphatic rings. The number of nitrogens with zero attached hydrogens (tertiary/aromatic N) is 1. The van der Waals surface area contributed by atoms with Crippen LogP contribution in [0.25, 0.3) is 0 Å². The lowest BCUT2D eigenvalue weighted by atomic mass is 10.0. The number of nitrogens with one attached hydrogen (secondary N) is 1. The monoisotopic (exact) mass is 404 g/mol. The van der Waals surface area contributed by atoms with Crippen molar-refractivity contribution in [3.63, 3.8) is 0 Å². The molecule has 0 radical (unpaired) electrons. The zero-order valence-electron chi connectivity index (χ0n) is 16.6. The Kier molecular flexibility index (Phi) is 7.01. The third kappa shape index (κ3) is 6.14. The van der Waals surface area contributed by atoms with Gasteiger partial charge in [0.25, 0.3) is 6.43 Å². The summed E-state index contributed by atoms with van der Waals surface area (Å²) in [5.41, 5.74) is 1.95. The fourth-order valence-electron chi connectivity index (χ4n) is 3.61. The van der Waals surface area contributed by atoms with Gasteiger partial charge < -0.3 is 14.8 Å². The third-order valence-electron chi connectivity index (χ3n) is 5.04. The second-order valence-electron chi connectivity index (χ2n) is 7.36. The van der Waals surface area contributed by atoms with Gasteiger partial charge in [0.15, 0.2) is 0 Å². The SMILES string of the molecule is CC(=O)N[C@@H](C)c1ccc(O[C@@H]2CCC(c3ccc(OCC(F)F)cn3)C2)cc1. The molecule has 0 saturated heterocycles. The Labute approximate surface area is 169 Å². The molecule has 1 amide bonds. The summed E-state index contributed by atoms with van der Waals surface area (Å²) in [6, 6.07) is 11.3. The van der Waals surface area contributed by atoms with E-state index in [0.717, 1.165) is 36.3 Å². The van der Waals surface area contributed by atoms with Crippen LogP contribution in [0.5, 0.6) is 11.5 Å². The van der Waals surface area contributed by atoms with Crippen LogP contribution in [0.4, 0.5) is 8.78 Å². The van der Waals surface area contributed by atoms with E-state index in [1.807, 2.05) is 37.3 Å². The molecule has 1 N–H and O–H groups in total. The number of hydrogen-bond acceptors (Lipinski definition) is 4. The van der Waals surface area contributed by atoms with Crippen molar-refractivity contribution < 1.29 is 23.0 Å². The van der Waals surface area contributed by atoms with Crippen molar-refractivity contribution in [2.24, 2.45) is 0 Å². The second-order valence-corrected chi connectivity index (χ2v) is 7.36. The Morgan fingerprint density at radius 1 is 1.17 bits per heavy atom. The Hall–Kier alpha value is -2.70. The van der Waals surface area contributed by atoms with Crippen molar-refractivity contribution in [2.45, 2.75) is 57.6 Å². The van der Waals surface area contributed by atoms with Crippen molar-refractivity contribution in [1.82, 2.24) is 10.3 Å². The van der Waals surface area contributed by atoms with Gasteiger partial charge in [0, 0.05) is 18.5 Å². The Morgan fingerprint density at radius 2 is 1.90 bits per heavy atom. The van der Waals surface area contributed by atoms with Crippen LogP contribution in [0.3, 0.4) is 0 Å². The molecule has 1 aromatic heterocycles. The highest BCUT2D eigenvalue weighted by molar-refractivity contribution is 5.73. The Bertz CT molecular complexity index is 797. The predicted octanol–water partition coefficient (Wildman–Crippen LogP) is 4.64. The minimum atomic E-state index is -2.50. The van der Waals surface area contributed by atoms with E-state index < -0.39 is 13.0 Å². The molecule has 156 valence electrons. The number of alkyl halides is 2. The molecule has 1 fully saturated rings. The summed E-state index contributed by atoms with van der Waals surface area (Å²) in [6.07, 6.45) is 1.86. The summed E-state index contributed by atoms with van der Waals surface area (Å²) in [5, 5.41) is 2.86. The topological polar surface area (TPSA) is 60.5 Å². The first-order valence-corrected chi connectivity index (χ1v) is 9.81. The number of amides is 1. The van der Waals surface area contributed by atoms with Gasteiger partial charge in [-0.25, -0.2) is 8.78 Å². The zero-order chi connectivity index (χ0) is 20.8. The molecule has 5 nitrogen and oxygen atoms in total. The molecular formula is C22H26F2N2O3. The maximum atomic E-state index is 12.2. The summed E-state index contributed by atoms with van der Waals surface area (Å²) in [5.74, 6) is 1.38. The maximum absolute atomic E-state index is 12.2. The Balaban J connectivity index is 1.51. The van der Waals surface area contributed by atoms with Crippen molar-refractivity contribution in [3.05, 3.63) is 53.9 Å². The number of ether oxygens (including phenoxy) is 2. The first-order valence-electron chi connectivity index (χ1n) is 9.81. The second kappa shape index (κ2) is 9.67. The third-order valence-corrected chi connectivity index (χ3v) is 5.04. The smallest absolute Gasteiger partial charge is 0.272 e. The number of benzene rings is 1. The lowest BCUT2D eigenvalue weighted by Gasteiger charge is -2.16. The predicted molar refractivity (Wildman–Crippen MR) is 105 cm³/mol. The first-order chi connectivity index (χ1) is 13.9. The fraction of sp³-hybridized carbons (Fsp3) is 0.455. The highest BCUT2D eigenvalue weighted by atomic mass is 19.3. The summed E-state index contributed by atoms with van der Waals surface area (Å²) in [6.45, 7) is 2.82. The molecule has 2 aromatic rings. The van der Waals surface area contributed by atoms with E-state index in [2.05, 4.69) is 10.3 Å². The van der Waals surface area contributed by atoms with E-state index in [0.29, 0.717) is 5.75 Å². The average Bonchev–Trinajstić information content (AvgIpc) is 3.15. The standard InChI is InChI=1S/C22H26F2N2O3/c1-14(26-15(2)27)16-3-6-18(7-4-16)29-19-8-5-17(11-19)21-10-9-20(12-25-21)28-13-22(23)24/h3-4,6-7,9-10,12,14,17,19,22H,5,8,11,13H2,1-2H3,(H,26,27)/t14-,17?,19+/m0/s1. The lowest BCUT2D eigenvalue weighted by Crippen LogP contribution is -2.23. The van der Waals surface area contributed by atoms with Gasteiger partial charge in [-0.1, -0.05) is 12.1 Å². The van der Waals surface area contributed by atoms with Crippen molar-refractivity contribution in [2.75, 3.05) is 6.61 Å². The van der Waals surface area contributed by atoms with Gasteiger partial charge in [0.1, 0.15) is 18.1 Å². The van der Waals surface area contributed by atoms with Gasteiger partial charge in [-0.2, -0.15) is 0 Å². The number of rotatable bonds is 8. The van der Waals surface area contributed by atoms with E-state index in [1.54, 1.807) is 6.07 Å². The molecule has 3 rings (SSSR count). The van der Waals surface area contributed by atoms with E-state index in [1.165, 1.54) is 13.1 Å². The Morgan fingerprint density at radius 3 is 2.52 bits per heavy atom. The van der Waals surface area contributed by atoms with Crippen molar-refractivity contribution >= 4 is 5.91 Å². The number of halogens is 2. The van der Waals surface area contributed by atoms with Crippen LogP contribution in [-0.4, -0.2) is 30.0 Å². The van der Waals surface area contributed by atoms with Crippen LogP contribution in [0.15, 0.2) is 42.6 Å². The van der Waals surface area contributed by atoms with Crippen LogP contribution < -0.4 is 14.8 Å². The van der Waals surface area contributed by atoms with E-state index in [4.69, 9.17) is 9.47 Å². The van der Waals surface area contributed by atoms with Crippen LogP contribution in [0.1, 0.15) is 56.3 Å². The largest absolute Gasteiger partial charge is 0.490 e. The van der Waals surface area contributed by atoms with Crippen molar-refractivity contribution in [1.29, 1.82) is 0 Å². The van der Waals surface area contributed by atoms with Gasteiger partial charge in [-0.15, -0.1) is 0 Å². The molecule has 3 atom stereocenters. The van der Waals surface area contributed by atoms with E-state index >= 15 is 0 Å². The highest BCUT2D eigenvalue weighted by Gasteiger charge is 2.28. The molecule has 0 bridgehead atoms. The summed E-state index contributed by atoms with van der Waals surface area (Å²) in [4.78, 5) is 15.5. The molecule has 29 heavy (non-hydrogen) atoms. The number of carbonyl (C=O) groups excluding carboxylic acids is 1. The number of aromatic nitrogens is 1. The van der Waals surface area contributed by atoms with Gasteiger partial charge in [-0.05, 0) is 56.0 Å². The molecule has 1 unspecified atom stereocenters. The molecule has 1 aromatic carbocycles. The molecule has 7 heteroatoms. The highest BCUT2D eigenvalue weighted by Crippen LogP contribution is 2.36. The quantitative estimate of drug-likeness (QED) is 0.696. The molecule has 0 spiro atoms. The fourth-order valence-corrected chi connectivity index (χ4v) is 3.61. The van der Waals surface area contributed by atoms with E-state index in [9.17, 15) is 13.6 Å². The zero-order valence-corrected chi connectivity index (χ0v) is 16.6. The van der Waals surface area contributed by atoms with Crippen LogP contribution in [0.2, 0.25) is 0 Å². The van der Waals surface area contributed by atoms with Crippen LogP contribution in [0, 0.1) is 0 Å². The average molecular weight is 404 g/mol. The first kappa shape index (κ1) is 21.0. The molecule has 1 heterocycles. The number of pyridine rings is 1. The van der Waals surface area contributed by atoms with Crippen molar-refractivity contribution in [3.8, 4) is 11.5 Å². The van der Waals surface area contributed by atoms with Crippen LogP contribution in [-0.2, 0) is 4.79 Å². The molecule has 1 saturated carbocycles. The lowest BCUT2D eigenvalue weighted by molar-refractivity contribution is -0.119. The number of carbonyl (C=O) groups is 1. The van der Waals surface area contributed by atoms with Gasteiger partial charge in [0.05, 0.1) is 18.3 Å². The van der Waals surface area contributed by atoms with Crippen LogP contribution >= 0.6 is 0 Å². The minimum absolute atomic E-state index is 0.0452. The number of hydrogen-bond donors (Lipinski definition) is 1. The van der Waals surface area contributed by atoms with Gasteiger partial charge in [0.2, 0.25) is 5.91 Å². The van der Waals surface area contributed by atoms with Gasteiger partial charge >= 0.3 is 0 Å².